The molecule has 2 aliphatic rings. The third-order valence-electron chi connectivity index (χ3n) is 4.31. The van der Waals surface area contributed by atoms with Gasteiger partial charge in [-0.05, 0) is 38.5 Å². The number of hydrogen-bond acceptors (Lipinski definition) is 2. The highest BCUT2D eigenvalue weighted by Crippen LogP contribution is 2.30. The average Bonchev–Trinajstić information content (AvgIpc) is 2.89. The van der Waals surface area contributed by atoms with Crippen LogP contribution >= 0.6 is 0 Å². The van der Waals surface area contributed by atoms with Crippen LogP contribution in [0.4, 0.5) is 0 Å². The Balaban J connectivity index is 1.93. The molecule has 2 fully saturated rings. The van der Waals surface area contributed by atoms with Crippen molar-refractivity contribution in [1.29, 1.82) is 0 Å². The molecule has 0 aromatic heterocycles. The summed E-state index contributed by atoms with van der Waals surface area (Å²) in [6.07, 6.45) is 8.37. The molecular weight excluding hydrogens is 230 g/mol. The van der Waals surface area contributed by atoms with Crippen LogP contribution in [0.15, 0.2) is 0 Å². The summed E-state index contributed by atoms with van der Waals surface area (Å²) >= 11 is 0. The topological polar surface area (TPSA) is 57.6 Å². The van der Waals surface area contributed by atoms with Crippen molar-refractivity contribution >= 4 is 11.9 Å². The summed E-state index contributed by atoms with van der Waals surface area (Å²) < 4.78 is 0. The van der Waals surface area contributed by atoms with E-state index in [1.165, 1.54) is 12.8 Å². The maximum atomic E-state index is 12.4. The minimum Gasteiger partial charge on any atom is -0.481 e. The summed E-state index contributed by atoms with van der Waals surface area (Å²) in [6, 6.07) is 0.169. The van der Waals surface area contributed by atoms with Crippen LogP contribution in [0.5, 0.6) is 0 Å². The predicted octanol–water partition coefficient (Wildman–Crippen LogP) is 2.42. The molecule has 1 atom stereocenters. The Bertz CT molecular complexity index is 310. The molecule has 0 spiro atoms. The molecule has 1 aliphatic heterocycles. The highest BCUT2D eigenvalue weighted by molar-refractivity contribution is 5.79. The molecule has 4 heteroatoms. The summed E-state index contributed by atoms with van der Waals surface area (Å²) in [7, 11) is 0. The molecule has 0 aromatic carbocycles. The number of rotatable bonds is 4. The van der Waals surface area contributed by atoms with Crippen LogP contribution < -0.4 is 0 Å². The second-order valence-electron chi connectivity index (χ2n) is 5.60. The third-order valence-corrected chi connectivity index (χ3v) is 4.31. The average molecular weight is 253 g/mol. The highest BCUT2D eigenvalue weighted by Gasteiger charge is 2.32. The third kappa shape index (κ3) is 3.24. The summed E-state index contributed by atoms with van der Waals surface area (Å²) in [5.41, 5.74) is 0. The van der Waals surface area contributed by atoms with E-state index in [9.17, 15) is 9.59 Å². The monoisotopic (exact) mass is 253 g/mol. The summed E-state index contributed by atoms with van der Waals surface area (Å²) in [5, 5.41) is 8.78. The normalized spacial score (nSPS) is 25.3. The maximum Gasteiger partial charge on any atom is 0.303 e. The van der Waals surface area contributed by atoms with E-state index in [2.05, 4.69) is 0 Å². The van der Waals surface area contributed by atoms with Crippen molar-refractivity contribution in [3.8, 4) is 0 Å². The number of likely N-dealkylation sites (tertiary alicyclic amines) is 1. The van der Waals surface area contributed by atoms with Crippen LogP contribution in [-0.2, 0) is 9.59 Å². The Labute approximate surface area is 108 Å². The van der Waals surface area contributed by atoms with E-state index in [0.29, 0.717) is 12.3 Å². The van der Waals surface area contributed by atoms with Crippen molar-refractivity contribution < 1.29 is 14.7 Å². The molecule has 1 aliphatic carbocycles. The lowest BCUT2D eigenvalue weighted by atomic mass is 9.95. The van der Waals surface area contributed by atoms with Crippen LogP contribution in [0.25, 0.3) is 0 Å². The van der Waals surface area contributed by atoms with Gasteiger partial charge in [0.05, 0.1) is 0 Å². The second kappa shape index (κ2) is 6.21. The van der Waals surface area contributed by atoms with Gasteiger partial charge < -0.3 is 10.0 Å². The van der Waals surface area contributed by atoms with E-state index in [1.54, 1.807) is 0 Å². The first kappa shape index (κ1) is 13.4. The Hall–Kier alpha value is -1.06. The quantitative estimate of drug-likeness (QED) is 0.837. The van der Waals surface area contributed by atoms with E-state index in [4.69, 9.17) is 5.11 Å². The molecule has 2 rings (SSSR count). The first-order chi connectivity index (χ1) is 8.68. The largest absolute Gasteiger partial charge is 0.481 e. The lowest BCUT2D eigenvalue weighted by molar-refractivity contribution is -0.142. The molecule has 0 aromatic rings. The van der Waals surface area contributed by atoms with Gasteiger partial charge in [0.15, 0.2) is 0 Å². The fraction of sp³-hybridized carbons (Fsp3) is 0.857. The van der Waals surface area contributed by atoms with Gasteiger partial charge in [0.1, 0.15) is 0 Å². The SMILES string of the molecule is O=C(O)CCC1CCCCN1C(=O)C1CCCC1. The zero-order chi connectivity index (χ0) is 13.0. The lowest BCUT2D eigenvalue weighted by Gasteiger charge is -2.37. The van der Waals surface area contributed by atoms with Crippen molar-refractivity contribution in [1.82, 2.24) is 4.90 Å². The van der Waals surface area contributed by atoms with Gasteiger partial charge in [0.25, 0.3) is 0 Å². The van der Waals surface area contributed by atoms with Crippen molar-refractivity contribution in [2.45, 2.75) is 63.8 Å². The zero-order valence-electron chi connectivity index (χ0n) is 10.9. The molecule has 1 saturated heterocycles. The van der Waals surface area contributed by atoms with Gasteiger partial charge in [0.2, 0.25) is 5.91 Å². The summed E-state index contributed by atoms with van der Waals surface area (Å²) in [5.74, 6) is -0.244. The Morgan fingerprint density at radius 3 is 2.39 bits per heavy atom. The van der Waals surface area contributed by atoms with Crippen LogP contribution in [-0.4, -0.2) is 34.5 Å². The van der Waals surface area contributed by atoms with E-state index in [-0.39, 0.29) is 18.4 Å². The maximum absolute atomic E-state index is 12.4. The summed E-state index contributed by atoms with van der Waals surface area (Å²) in [4.78, 5) is 25.1. The number of carbonyl (C=O) groups excluding carboxylic acids is 1. The number of piperidine rings is 1. The smallest absolute Gasteiger partial charge is 0.303 e. The molecular formula is C14H23NO3. The molecule has 0 bridgehead atoms. The molecule has 1 amide bonds. The first-order valence-corrected chi connectivity index (χ1v) is 7.21. The van der Waals surface area contributed by atoms with Gasteiger partial charge in [-0.25, -0.2) is 0 Å². The number of nitrogens with zero attached hydrogens (tertiary/aromatic N) is 1. The van der Waals surface area contributed by atoms with E-state index < -0.39 is 5.97 Å². The Morgan fingerprint density at radius 2 is 1.72 bits per heavy atom. The van der Waals surface area contributed by atoms with Crippen molar-refractivity contribution in [2.24, 2.45) is 5.92 Å². The molecule has 4 nitrogen and oxygen atoms in total. The van der Waals surface area contributed by atoms with Crippen LogP contribution in [0, 0.1) is 5.92 Å². The molecule has 1 N–H and O–H groups in total. The fourth-order valence-corrected chi connectivity index (χ4v) is 3.29. The molecule has 0 radical (unpaired) electrons. The van der Waals surface area contributed by atoms with Crippen LogP contribution in [0.1, 0.15) is 57.8 Å². The molecule has 1 heterocycles. The number of aliphatic carboxylic acids is 1. The standard InChI is InChI=1S/C14H23NO3/c16-13(17)9-8-12-7-3-4-10-15(12)14(18)11-5-1-2-6-11/h11-12H,1-10H2,(H,16,17). The Kier molecular flexibility index (Phi) is 4.61. The first-order valence-electron chi connectivity index (χ1n) is 7.21. The fourth-order valence-electron chi connectivity index (χ4n) is 3.29. The van der Waals surface area contributed by atoms with Gasteiger partial charge in [-0.3, -0.25) is 9.59 Å². The summed E-state index contributed by atoms with van der Waals surface area (Å²) in [6.45, 7) is 0.833. The molecule has 1 unspecified atom stereocenters. The lowest BCUT2D eigenvalue weighted by Crippen LogP contribution is -2.46. The highest BCUT2D eigenvalue weighted by atomic mass is 16.4. The number of carboxylic acid groups (broad SMARTS) is 1. The van der Waals surface area contributed by atoms with Crippen LogP contribution in [0.2, 0.25) is 0 Å². The second-order valence-corrected chi connectivity index (χ2v) is 5.60. The minimum atomic E-state index is -0.756. The molecule has 102 valence electrons. The van der Waals surface area contributed by atoms with Crippen molar-refractivity contribution in [3.63, 3.8) is 0 Å². The van der Waals surface area contributed by atoms with E-state index in [1.807, 2.05) is 4.90 Å². The van der Waals surface area contributed by atoms with Gasteiger partial charge in [0, 0.05) is 24.9 Å². The van der Waals surface area contributed by atoms with Crippen LogP contribution in [0.3, 0.4) is 0 Å². The number of hydrogen-bond donors (Lipinski definition) is 1. The van der Waals surface area contributed by atoms with Crippen molar-refractivity contribution in [2.75, 3.05) is 6.54 Å². The van der Waals surface area contributed by atoms with E-state index in [0.717, 1.165) is 38.6 Å². The molecule has 1 saturated carbocycles. The van der Waals surface area contributed by atoms with Gasteiger partial charge in [-0.15, -0.1) is 0 Å². The van der Waals surface area contributed by atoms with E-state index >= 15 is 0 Å². The number of carbonyl (C=O) groups is 2. The number of carboxylic acids is 1. The minimum absolute atomic E-state index is 0.169. The van der Waals surface area contributed by atoms with Crippen molar-refractivity contribution in [3.05, 3.63) is 0 Å². The molecule has 18 heavy (non-hydrogen) atoms. The van der Waals surface area contributed by atoms with Gasteiger partial charge in [-0.2, -0.15) is 0 Å². The zero-order valence-corrected chi connectivity index (χ0v) is 10.9. The van der Waals surface area contributed by atoms with Gasteiger partial charge >= 0.3 is 5.97 Å². The Morgan fingerprint density at radius 1 is 1.06 bits per heavy atom. The predicted molar refractivity (Wildman–Crippen MR) is 68.2 cm³/mol. The number of amides is 1. The van der Waals surface area contributed by atoms with Gasteiger partial charge in [-0.1, -0.05) is 12.8 Å².